The van der Waals surface area contributed by atoms with Crippen LogP contribution in [0.4, 0.5) is 18.9 Å². The number of carbonyl (C=O) groups is 1. The van der Waals surface area contributed by atoms with Crippen molar-refractivity contribution in [3.8, 4) is 16.9 Å². The summed E-state index contributed by atoms with van der Waals surface area (Å²) in [6.45, 7) is 3.84. The van der Waals surface area contributed by atoms with E-state index < -0.39 is 38.7 Å². The number of anilines is 1. The first-order valence-corrected chi connectivity index (χ1v) is 13.1. The molecule has 0 spiro atoms. The van der Waals surface area contributed by atoms with Crippen LogP contribution in [-0.4, -0.2) is 32.1 Å². The minimum absolute atomic E-state index is 0.0291. The van der Waals surface area contributed by atoms with E-state index >= 15 is 0 Å². The molecule has 0 radical (unpaired) electrons. The summed E-state index contributed by atoms with van der Waals surface area (Å²) in [5.74, 6) is -0.667. The molecule has 1 aliphatic rings. The van der Waals surface area contributed by atoms with Crippen LogP contribution in [0.5, 0.6) is 5.75 Å². The van der Waals surface area contributed by atoms with Gasteiger partial charge in [0.05, 0.1) is 22.7 Å². The summed E-state index contributed by atoms with van der Waals surface area (Å²) < 4.78 is 74.4. The summed E-state index contributed by atoms with van der Waals surface area (Å²) in [6.07, 6.45) is -5.73. The van der Waals surface area contributed by atoms with Crippen molar-refractivity contribution in [3.05, 3.63) is 77.9 Å². The van der Waals surface area contributed by atoms with Crippen molar-refractivity contribution in [2.45, 2.75) is 49.8 Å². The van der Waals surface area contributed by atoms with Crippen molar-refractivity contribution >= 4 is 21.7 Å². The van der Waals surface area contributed by atoms with Crippen LogP contribution in [0, 0.1) is 0 Å². The number of nitrogens with zero attached hydrogens (tertiary/aromatic N) is 1. The first-order chi connectivity index (χ1) is 17.4. The third-order valence-electron chi connectivity index (χ3n) is 6.21. The van der Waals surface area contributed by atoms with Crippen molar-refractivity contribution < 1.29 is 36.2 Å². The first-order valence-electron chi connectivity index (χ1n) is 11.7. The summed E-state index contributed by atoms with van der Waals surface area (Å²) in [4.78, 5) is 10.6. The third-order valence-corrected chi connectivity index (χ3v) is 7.99. The number of carboxylic acid groups (broad SMARTS) is 1. The minimum atomic E-state index is -4.72. The Balaban J connectivity index is 1.84. The Kier molecular flexibility index (Phi) is 7.23. The summed E-state index contributed by atoms with van der Waals surface area (Å²) in [5, 5.41) is 9.09. The number of ether oxygens (including phenoxy) is 1. The molecule has 0 unspecified atom stereocenters. The fraction of sp³-hybridized carbons (Fsp3) is 0.296. The lowest BCUT2D eigenvalue weighted by atomic mass is 9.92. The Hall–Kier alpha value is -3.53. The number of sulfonamides is 1. The van der Waals surface area contributed by atoms with Crippen molar-refractivity contribution in [1.82, 2.24) is 0 Å². The summed E-state index contributed by atoms with van der Waals surface area (Å²) in [7, 11) is -4.45. The van der Waals surface area contributed by atoms with Gasteiger partial charge in [-0.25, -0.2) is 8.42 Å². The predicted molar refractivity (Wildman–Crippen MR) is 133 cm³/mol. The standard InChI is InChI=1S/C27H26F3NO5S/c1-17(2)22-8-3-4-9-23(22)18-10-12-25-24(14-18)31(16-20(36-25)11-13-26(32)33)37(34,35)21-7-5-6-19(15-21)27(28,29)30/h3-10,12,14-15,17,20H,11,13,16H2,1-2H3,(H,32,33)/t20-/m0/s1. The lowest BCUT2D eigenvalue weighted by Crippen LogP contribution is -2.43. The molecule has 0 aromatic heterocycles. The molecule has 1 aliphatic heterocycles. The zero-order chi connectivity index (χ0) is 27.0. The van der Waals surface area contributed by atoms with E-state index in [2.05, 4.69) is 0 Å². The number of alkyl halides is 3. The fourth-order valence-electron chi connectivity index (χ4n) is 4.37. The molecule has 0 amide bonds. The molecule has 3 aromatic carbocycles. The SMILES string of the molecule is CC(C)c1ccccc1-c1ccc2c(c1)N(S(=O)(=O)c1cccc(C(F)(F)F)c1)C[C@H](CCC(=O)O)O2. The highest BCUT2D eigenvalue weighted by Gasteiger charge is 2.37. The van der Waals surface area contributed by atoms with E-state index in [1.165, 1.54) is 0 Å². The summed E-state index contributed by atoms with van der Waals surface area (Å²) >= 11 is 0. The molecule has 0 fully saturated rings. The van der Waals surface area contributed by atoms with Gasteiger partial charge in [-0.2, -0.15) is 13.2 Å². The molecule has 1 heterocycles. The Morgan fingerprint density at radius 3 is 2.49 bits per heavy atom. The number of hydrogen-bond acceptors (Lipinski definition) is 4. The highest BCUT2D eigenvalue weighted by Crippen LogP contribution is 2.42. The second-order valence-electron chi connectivity index (χ2n) is 9.16. The minimum Gasteiger partial charge on any atom is -0.486 e. The van der Waals surface area contributed by atoms with E-state index in [0.29, 0.717) is 6.07 Å². The van der Waals surface area contributed by atoms with Gasteiger partial charge in [-0.15, -0.1) is 0 Å². The molecular weight excluding hydrogens is 507 g/mol. The molecule has 37 heavy (non-hydrogen) atoms. The van der Waals surface area contributed by atoms with Gasteiger partial charge in [0, 0.05) is 6.42 Å². The van der Waals surface area contributed by atoms with Crippen LogP contribution in [-0.2, 0) is 21.0 Å². The van der Waals surface area contributed by atoms with Crippen LogP contribution in [0.1, 0.15) is 43.7 Å². The molecule has 3 aromatic rings. The first kappa shape index (κ1) is 26.5. The summed E-state index contributed by atoms with van der Waals surface area (Å²) in [6, 6.07) is 16.3. The van der Waals surface area contributed by atoms with E-state index in [0.717, 1.165) is 39.2 Å². The molecule has 1 N–H and O–H groups in total. The van der Waals surface area contributed by atoms with Gasteiger partial charge in [0.1, 0.15) is 11.9 Å². The van der Waals surface area contributed by atoms with Crippen LogP contribution in [0.15, 0.2) is 71.6 Å². The number of carboxylic acids is 1. The van der Waals surface area contributed by atoms with Gasteiger partial charge in [-0.05, 0) is 59.4 Å². The van der Waals surface area contributed by atoms with Crippen LogP contribution < -0.4 is 9.04 Å². The average molecular weight is 534 g/mol. The normalized spacial score (nSPS) is 15.8. The third kappa shape index (κ3) is 5.58. The van der Waals surface area contributed by atoms with Crippen molar-refractivity contribution in [1.29, 1.82) is 0 Å². The second-order valence-corrected chi connectivity index (χ2v) is 11.0. The number of benzene rings is 3. The van der Waals surface area contributed by atoms with Crippen molar-refractivity contribution in [3.63, 3.8) is 0 Å². The zero-order valence-electron chi connectivity index (χ0n) is 20.2. The number of rotatable bonds is 7. The Labute approximate surface area is 213 Å². The topological polar surface area (TPSA) is 83.9 Å². The Morgan fingerprint density at radius 1 is 1.08 bits per heavy atom. The number of halogens is 3. The van der Waals surface area contributed by atoms with E-state index in [1.807, 2.05) is 38.1 Å². The smallest absolute Gasteiger partial charge is 0.416 e. The molecule has 196 valence electrons. The molecule has 1 atom stereocenters. The maximum atomic E-state index is 13.7. The van der Waals surface area contributed by atoms with Crippen LogP contribution >= 0.6 is 0 Å². The number of hydrogen-bond donors (Lipinski definition) is 1. The maximum Gasteiger partial charge on any atom is 0.416 e. The van der Waals surface area contributed by atoms with Gasteiger partial charge in [-0.3, -0.25) is 9.10 Å². The van der Waals surface area contributed by atoms with Gasteiger partial charge in [0.25, 0.3) is 10.0 Å². The van der Waals surface area contributed by atoms with E-state index in [-0.39, 0.29) is 36.7 Å². The van der Waals surface area contributed by atoms with Crippen molar-refractivity contribution in [2.24, 2.45) is 0 Å². The van der Waals surface area contributed by atoms with Gasteiger partial charge in [-0.1, -0.05) is 50.2 Å². The van der Waals surface area contributed by atoms with Gasteiger partial charge in [0.15, 0.2) is 0 Å². The van der Waals surface area contributed by atoms with Crippen LogP contribution in [0.2, 0.25) is 0 Å². The van der Waals surface area contributed by atoms with Crippen LogP contribution in [0.3, 0.4) is 0 Å². The lowest BCUT2D eigenvalue weighted by Gasteiger charge is -2.36. The molecule has 4 rings (SSSR count). The predicted octanol–water partition coefficient (Wildman–Crippen LogP) is 6.32. The monoisotopic (exact) mass is 533 g/mol. The molecule has 0 aliphatic carbocycles. The number of fused-ring (bicyclic) bond motifs is 1. The molecule has 0 saturated heterocycles. The largest absolute Gasteiger partial charge is 0.486 e. The van der Waals surface area contributed by atoms with Gasteiger partial charge < -0.3 is 9.84 Å². The van der Waals surface area contributed by atoms with Crippen LogP contribution in [0.25, 0.3) is 11.1 Å². The maximum absolute atomic E-state index is 13.7. The Morgan fingerprint density at radius 2 is 1.81 bits per heavy atom. The van der Waals surface area contributed by atoms with Gasteiger partial charge >= 0.3 is 12.1 Å². The molecular formula is C27H26F3NO5S. The quantitative estimate of drug-likeness (QED) is 0.384. The molecule has 10 heteroatoms. The highest BCUT2D eigenvalue weighted by atomic mass is 32.2. The highest BCUT2D eigenvalue weighted by molar-refractivity contribution is 7.92. The zero-order valence-corrected chi connectivity index (χ0v) is 21.0. The Bertz CT molecular complexity index is 1420. The fourth-order valence-corrected chi connectivity index (χ4v) is 5.91. The van der Waals surface area contributed by atoms with Gasteiger partial charge in [0.2, 0.25) is 0 Å². The number of aliphatic carboxylic acids is 1. The molecule has 0 saturated carbocycles. The van der Waals surface area contributed by atoms with E-state index in [4.69, 9.17) is 9.84 Å². The lowest BCUT2D eigenvalue weighted by molar-refractivity contribution is -0.138. The van der Waals surface area contributed by atoms with Crippen molar-refractivity contribution in [2.75, 3.05) is 10.8 Å². The molecule has 0 bridgehead atoms. The van der Waals surface area contributed by atoms with E-state index in [1.54, 1.807) is 18.2 Å². The average Bonchev–Trinajstić information content (AvgIpc) is 2.86. The van der Waals surface area contributed by atoms with E-state index in [9.17, 15) is 26.4 Å². The molecule has 6 nitrogen and oxygen atoms in total. The second kappa shape index (κ2) is 10.1. The summed E-state index contributed by atoms with van der Waals surface area (Å²) in [5.41, 5.74) is 1.76.